The molecule has 2 saturated heterocycles. The minimum absolute atomic E-state index is 0.478. The molecule has 0 aromatic carbocycles. The fourth-order valence-corrected chi connectivity index (χ4v) is 3.70. The van der Waals surface area contributed by atoms with E-state index in [0.29, 0.717) is 0 Å². The van der Waals surface area contributed by atoms with Gasteiger partial charge in [0.05, 0.1) is 18.8 Å². The molecule has 0 radical (unpaired) electrons. The molecule has 8 atom stereocenters. The normalized spacial score (nSPS) is 38.3. The fourth-order valence-electron chi connectivity index (χ4n) is 2.89. The summed E-state index contributed by atoms with van der Waals surface area (Å²) in [6, 6.07) is 0. The SMILES string of the molecule is O=C(O)[C@H]1C[C@H](O)[C@@H](OS(=O)(=O)O)[C@H](O[C@H]2[C@H](O)C[C@@H](O)O[C@@H]2COS(=O)(=O)O)O1. The van der Waals surface area contributed by atoms with Gasteiger partial charge < -0.3 is 34.6 Å². The average Bonchev–Trinajstić information content (AvgIpc) is 2.56. The Bertz CT molecular complexity index is 810. The molecule has 0 aromatic heterocycles. The van der Waals surface area contributed by atoms with Crippen molar-refractivity contribution in [1.82, 2.24) is 0 Å². The molecule has 176 valence electrons. The van der Waals surface area contributed by atoms with Crippen LogP contribution in [0, 0.1) is 0 Å². The molecule has 0 aromatic rings. The van der Waals surface area contributed by atoms with Crippen LogP contribution in [0.1, 0.15) is 12.8 Å². The second kappa shape index (κ2) is 9.63. The van der Waals surface area contributed by atoms with Crippen LogP contribution in [0.5, 0.6) is 0 Å². The zero-order valence-corrected chi connectivity index (χ0v) is 16.5. The molecule has 2 fully saturated rings. The molecular weight excluding hydrogens is 464 g/mol. The summed E-state index contributed by atoms with van der Waals surface area (Å²) in [5.74, 6) is -1.56. The van der Waals surface area contributed by atoms with Crippen LogP contribution < -0.4 is 0 Å². The Kier molecular flexibility index (Phi) is 8.10. The van der Waals surface area contributed by atoms with Gasteiger partial charge in [0, 0.05) is 12.8 Å². The first-order valence-corrected chi connectivity index (χ1v) is 10.9. The summed E-state index contributed by atoms with van der Waals surface area (Å²) in [7, 11) is -10.1. The van der Waals surface area contributed by atoms with E-state index in [9.17, 15) is 36.9 Å². The second-order valence-corrected chi connectivity index (χ2v) is 8.51. The van der Waals surface area contributed by atoms with Crippen molar-refractivity contribution in [1.29, 1.82) is 0 Å². The van der Waals surface area contributed by atoms with Crippen molar-refractivity contribution in [3.8, 4) is 0 Å². The lowest BCUT2D eigenvalue weighted by atomic mass is 10.00. The lowest BCUT2D eigenvalue weighted by molar-refractivity contribution is -0.319. The summed E-state index contributed by atoms with van der Waals surface area (Å²) in [5, 5.41) is 38.9. The van der Waals surface area contributed by atoms with Crippen molar-refractivity contribution >= 4 is 26.8 Å². The molecule has 0 amide bonds. The summed E-state index contributed by atoms with van der Waals surface area (Å²) in [5.41, 5.74) is 0. The maximum Gasteiger partial charge on any atom is 0.397 e. The Morgan fingerprint density at radius 2 is 1.53 bits per heavy atom. The van der Waals surface area contributed by atoms with Gasteiger partial charge in [-0.2, -0.15) is 16.8 Å². The van der Waals surface area contributed by atoms with Gasteiger partial charge >= 0.3 is 26.8 Å². The molecule has 18 heteroatoms. The largest absolute Gasteiger partial charge is 0.479 e. The maximum atomic E-state index is 11.2. The van der Waals surface area contributed by atoms with E-state index in [0.717, 1.165) is 0 Å². The smallest absolute Gasteiger partial charge is 0.397 e. The highest BCUT2D eigenvalue weighted by atomic mass is 32.3. The minimum atomic E-state index is -5.17. The van der Waals surface area contributed by atoms with Crippen molar-refractivity contribution in [2.24, 2.45) is 0 Å². The maximum absolute atomic E-state index is 11.2. The van der Waals surface area contributed by atoms with Gasteiger partial charge in [-0.05, 0) is 0 Å². The van der Waals surface area contributed by atoms with E-state index in [4.69, 9.17) is 28.4 Å². The van der Waals surface area contributed by atoms with Crippen molar-refractivity contribution in [2.75, 3.05) is 6.61 Å². The highest BCUT2D eigenvalue weighted by Gasteiger charge is 2.48. The summed E-state index contributed by atoms with van der Waals surface area (Å²) >= 11 is 0. The topological polar surface area (TPSA) is 253 Å². The number of rotatable bonds is 8. The number of aliphatic hydroxyl groups is 3. The van der Waals surface area contributed by atoms with Gasteiger partial charge in [0.1, 0.15) is 12.2 Å². The molecule has 0 unspecified atom stereocenters. The van der Waals surface area contributed by atoms with E-state index >= 15 is 0 Å². The van der Waals surface area contributed by atoms with Gasteiger partial charge in [-0.15, -0.1) is 0 Å². The first-order chi connectivity index (χ1) is 13.7. The molecular formula is C12H20O16S2. The first-order valence-electron chi connectivity index (χ1n) is 8.17. The van der Waals surface area contributed by atoms with Crippen LogP contribution >= 0.6 is 0 Å². The summed E-state index contributed by atoms with van der Waals surface area (Å²) < 4.78 is 84.9. The Morgan fingerprint density at radius 1 is 0.933 bits per heavy atom. The van der Waals surface area contributed by atoms with Crippen molar-refractivity contribution in [2.45, 2.75) is 62.0 Å². The molecule has 2 rings (SSSR count). The molecule has 0 bridgehead atoms. The highest BCUT2D eigenvalue weighted by molar-refractivity contribution is 7.81. The number of hydrogen-bond acceptors (Lipinski definition) is 13. The predicted molar refractivity (Wildman–Crippen MR) is 87.2 cm³/mol. The number of aliphatic carboxylic acids is 1. The lowest BCUT2D eigenvalue weighted by Crippen LogP contribution is -2.59. The molecule has 0 aliphatic carbocycles. The molecule has 2 aliphatic heterocycles. The van der Waals surface area contributed by atoms with Crippen molar-refractivity contribution in [3.05, 3.63) is 0 Å². The number of ether oxygens (including phenoxy) is 3. The fraction of sp³-hybridized carbons (Fsp3) is 0.917. The molecule has 2 heterocycles. The molecule has 0 spiro atoms. The molecule has 2 aliphatic rings. The van der Waals surface area contributed by atoms with Crippen LogP contribution in [0.4, 0.5) is 0 Å². The van der Waals surface area contributed by atoms with Crippen LogP contribution in [0.3, 0.4) is 0 Å². The Labute approximate surface area is 169 Å². The third-order valence-corrected chi connectivity index (χ3v) is 5.00. The van der Waals surface area contributed by atoms with E-state index < -0.39 is 95.4 Å². The van der Waals surface area contributed by atoms with E-state index in [2.05, 4.69) is 8.37 Å². The first kappa shape index (κ1) is 25.2. The Balaban J connectivity index is 2.26. The molecule has 30 heavy (non-hydrogen) atoms. The van der Waals surface area contributed by atoms with Gasteiger partial charge in [0.25, 0.3) is 0 Å². The number of aliphatic hydroxyl groups excluding tert-OH is 3. The standard InChI is InChI=1S/C12H20O16S2/c13-4-1-6(11(16)17)26-12(10(4)28-30(21,22)23)27-9-5(14)2-8(15)25-7(9)3-24-29(18,19)20/h4-10,12-15H,1-3H2,(H,16,17)(H,18,19,20)(H,21,22,23)/t4-,5+,6+,7+,8-,9-,10+,12-/m0/s1. The number of carboxylic acid groups (broad SMARTS) is 1. The van der Waals surface area contributed by atoms with Crippen LogP contribution in [0.2, 0.25) is 0 Å². The van der Waals surface area contributed by atoms with E-state index in [1.165, 1.54) is 0 Å². The van der Waals surface area contributed by atoms with Gasteiger partial charge in [-0.25, -0.2) is 13.2 Å². The predicted octanol–water partition coefficient (Wildman–Crippen LogP) is -3.59. The number of carbonyl (C=O) groups is 1. The van der Waals surface area contributed by atoms with Crippen LogP contribution in [-0.2, 0) is 48.2 Å². The lowest BCUT2D eigenvalue weighted by Gasteiger charge is -2.42. The van der Waals surface area contributed by atoms with Crippen molar-refractivity contribution in [3.63, 3.8) is 0 Å². The molecule has 16 nitrogen and oxygen atoms in total. The quantitative estimate of drug-likeness (QED) is 0.182. The zero-order chi connectivity index (χ0) is 22.9. The van der Waals surface area contributed by atoms with Gasteiger partial charge in [-0.3, -0.25) is 9.11 Å². The summed E-state index contributed by atoms with van der Waals surface area (Å²) in [6.07, 6.45) is -15.1. The summed E-state index contributed by atoms with van der Waals surface area (Å²) in [4.78, 5) is 11.2. The van der Waals surface area contributed by atoms with Crippen LogP contribution in [0.15, 0.2) is 0 Å². The van der Waals surface area contributed by atoms with E-state index in [1.807, 2.05) is 0 Å². The van der Waals surface area contributed by atoms with Gasteiger partial charge in [0.2, 0.25) is 0 Å². The monoisotopic (exact) mass is 484 g/mol. The van der Waals surface area contributed by atoms with E-state index in [1.54, 1.807) is 0 Å². The number of carboxylic acids is 1. The second-order valence-electron chi connectivity index (χ2n) is 6.37. The average molecular weight is 484 g/mol. The third kappa shape index (κ3) is 7.28. The van der Waals surface area contributed by atoms with E-state index in [-0.39, 0.29) is 0 Å². The minimum Gasteiger partial charge on any atom is -0.479 e. The number of hydrogen-bond donors (Lipinski definition) is 6. The Morgan fingerprint density at radius 3 is 2.07 bits per heavy atom. The van der Waals surface area contributed by atoms with Crippen molar-refractivity contribution < 1.29 is 73.7 Å². The summed E-state index contributed by atoms with van der Waals surface area (Å²) in [6.45, 7) is -0.987. The van der Waals surface area contributed by atoms with Gasteiger partial charge in [-0.1, -0.05) is 0 Å². The van der Waals surface area contributed by atoms with Gasteiger partial charge in [0.15, 0.2) is 24.8 Å². The molecule has 0 saturated carbocycles. The van der Waals surface area contributed by atoms with Crippen LogP contribution in [-0.4, -0.2) is 108 Å². The zero-order valence-electron chi connectivity index (χ0n) is 14.8. The van der Waals surface area contributed by atoms with Crippen LogP contribution in [0.25, 0.3) is 0 Å². The highest BCUT2D eigenvalue weighted by Crippen LogP contribution is 2.30. The molecule has 6 N–H and O–H groups in total. The third-order valence-electron chi connectivity index (χ3n) is 4.10. The Hall–Kier alpha value is -1.03.